The molecule has 36 heavy (non-hydrogen) atoms. The number of hydrogen-bond donors (Lipinski definition) is 0. The van der Waals surface area contributed by atoms with Gasteiger partial charge in [0.1, 0.15) is 36.1 Å². The number of carbonyl (C=O) groups excluding carboxylic acids is 1. The summed E-state index contributed by atoms with van der Waals surface area (Å²) in [5.41, 5.74) is 0.383. The molecule has 1 atom stereocenters. The molecule has 0 spiro atoms. The van der Waals surface area contributed by atoms with Gasteiger partial charge in [-0.3, -0.25) is 0 Å². The summed E-state index contributed by atoms with van der Waals surface area (Å²) in [6, 6.07) is 21.3. The van der Waals surface area contributed by atoms with Crippen molar-refractivity contribution in [3.63, 3.8) is 0 Å². The van der Waals surface area contributed by atoms with Crippen LogP contribution in [0, 0.1) is 5.82 Å². The van der Waals surface area contributed by atoms with Crippen molar-refractivity contribution in [1.29, 1.82) is 0 Å². The van der Waals surface area contributed by atoms with Crippen molar-refractivity contribution in [3.8, 4) is 11.5 Å². The van der Waals surface area contributed by atoms with Crippen LogP contribution in [-0.2, 0) is 22.4 Å². The van der Waals surface area contributed by atoms with Gasteiger partial charge in [-0.05, 0) is 48.4 Å². The number of halogens is 1. The SMILES string of the molecule is CCOC(Cc1ccc(OCCN2CCOc3ccccc32)cc1)(Cc1ccccc1F)C(=O)[O-].[Na+]. The fourth-order valence-electron chi connectivity index (χ4n) is 4.36. The smallest absolute Gasteiger partial charge is 0.547 e. The maximum atomic E-state index is 14.3. The Bertz CT molecular complexity index is 1140. The van der Waals surface area contributed by atoms with E-state index in [0.29, 0.717) is 25.5 Å². The molecule has 0 saturated heterocycles. The summed E-state index contributed by atoms with van der Waals surface area (Å²) in [5.74, 6) is -0.276. The van der Waals surface area contributed by atoms with Crippen LogP contribution in [0.5, 0.6) is 11.5 Å². The van der Waals surface area contributed by atoms with E-state index in [1.165, 1.54) is 6.07 Å². The second-order valence-corrected chi connectivity index (χ2v) is 8.46. The third-order valence-corrected chi connectivity index (χ3v) is 6.09. The van der Waals surface area contributed by atoms with Crippen LogP contribution >= 0.6 is 0 Å². The van der Waals surface area contributed by atoms with E-state index < -0.39 is 17.4 Å². The van der Waals surface area contributed by atoms with Gasteiger partial charge < -0.3 is 29.0 Å². The quantitative estimate of drug-likeness (QED) is 0.355. The summed E-state index contributed by atoms with van der Waals surface area (Å²) < 4.78 is 31.5. The number of carbonyl (C=O) groups is 1. The second-order valence-electron chi connectivity index (χ2n) is 8.46. The van der Waals surface area contributed by atoms with E-state index in [1.54, 1.807) is 49.4 Å². The number of aliphatic carboxylic acids is 1. The Morgan fingerprint density at radius 3 is 2.50 bits per heavy atom. The maximum Gasteiger partial charge on any atom is 1.00 e. The van der Waals surface area contributed by atoms with Gasteiger partial charge in [0.05, 0.1) is 24.7 Å². The van der Waals surface area contributed by atoms with Gasteiger partial charge in [0.25, 0.3) is 0 Å². The standard InChI is InChI=1S/C28H30FNO5.Na/c1-2-35-28(27(31)32,20-22-7-3-4-8-24(22)29)19-21-11-13-23(14-12-21)33-17-15-30-16-18-34-26-10-6-5-9-25(26)30;/h3-14H,2,15-20H2,1H3,(H,31,32);/q;+1/p-1. The number of carboxylic acids is 1. The minimum atomic E-state index is -1.68. The van der Waals surface area contributed by atoms with E-state index in [0.717, 1.165) is 23.5 Å². The van der Waals surface area contributed by atoms with Gasteiger partial charge in [-0.2, -0.15) is 0 Å². The van der Waals surface area contributed by atoms with E-state index in [-0.39, 0.29) is 54.6 Å². The zero-order valence-corrected chi connectivity index (χ0v) is 22.7. The summed E-state index contributed by atoms with van der Waals surface area (Å²) >= 11 is 0. The average molecular weight is 502 g/mol. The van der Waals surface area contributed by atoms with Gasteiger partial charge in [-0.1, -0.05) is 42.5 Å². The zero-order valence-electron chi connectivity index (χ0n) is 20.7. The molecule has 3 aromatic rings. The largest absolute Gasteiger partial charge is 1.00 e. The number of fused-ring (bicyclic) bond motifs is 1. The second kappa shape index (κ2) is 13.1. The number of benzene rings is 3. The molecule has 0 aliphatic carbocycles. The molecular formula is C28H29FNNaO5. The molecule has 8 heteroatoms. The van der Waals surface area contributed by atoms with Crippen LogP contribution in [0.2, 0.25) is 0 Å². The van der Waals surface area contributed by atoms with Crippen LogP contribution < -0.4 is 49.0 Å². The number of carboxylic acid groups (broad SMARTS) is 1. The van der Waals surface area contributed by atoms with Crippen LogP contribution in [0.25, 0.3) is 0 Å². The number of rotatable bonds is 11. The topological polar surface area (TPSA) is 71.1 Å². The van der Waals surface area contributed by atoms with Gasteiger partial charge in [0, 0.05) is 19.4 Å². The Morgan fingerprint density at radius 1 is 1.06 bits per heavy atom. The fraction of sp³-hybridized carbons (Fsp3) is 0.321. The Kier molecular flexibility index (Phi) is 10.2. The van der Waals surface area contributed by atoms with Crippen molar-refractivity contribution < 1.29 is 58.1 Å². The van der Waals surface area contributed by atoms with E-state index in [4.69, 9.17) is 14.2 Å². The fourth-order valence-corrected chi connectivity index (χ4v) is 4.36. The van der Waals surface area contributed by atoms with E-state index in [9.17, 15) is 14.3 Å². The molecule has 0 N–H and O–H groups in total. The molecule has 0 radical (unpaired) electrons. The van der Waals surface area contributed by atoms with Gasteiger partial charge >= 0.3 is 29.6 Å². The molecule has 0 amide bonds. The Hall–Kier alpha value is -2.58. The van der Waals surface area contributed by atoms with Crippen LogP contribution in [0.1, 0.15) is 18.1 Å². The van der Waals surface area contributed by atoms with E-state index in [1.807, 2.05) is 24.3 Å². The first-order valence-electron chi connectivity index (χ1n) is 11.8. The van der Waals surface area contributed by atoms with Crippen molar-refractivity contribution in [3.05, 3.63) is 89.7 Å². The molecule has 1 aliphatic rings. The Labute approximate surface area is 233 Å². The number of para-hydroxylation sites is 2. The average Bonchev–Trinajstić information content (AvgIpc) is 2.86. The van der Waals surface area contributed by atoms with Crippen molar-refractivity contribution in [2.75, 3.05) is 37.8 Å². The molecular weight excluding hydrogens is 472 g/mol. The molecule has 184 valence electrons. The van der Waals surface area contributed by atoms with Crippen LogP contribution in [0.3, 0.4) is 0 Å². The number of ether oxygens (including phenoxy) is 3. The third kappa shape index (κ3) is 6.79. The molecule has 0 saturated carbocycles. The van der Waals surface area contributed by atoms with Crippen molar-refractivity contribution in [1.82, 2.24) is 0 Å². The molecule has 1 aliphatic heterocycles. The predicted octanol–water partition coefficient (Wildman–Crippen LogP) is 0.418. The van der Waals surface area contributed by atoms with Crippen LogP contribution in [-0.4, -0.2) is 44.5 Å². The number of hydrogen-bond acceptors (Lipinski definition) is 6. The molecule has 3 aromatic carbocycles. The normalized spacial score (nSPS) is 14.1. The minimum Gasteiger partial charge on any atom is -0.547 e. The molecule has 1 unspecified atom stereocenters. The van der Waals surface area contributed by atoms with Gasteiger partial charge in [-0.25, -0.2) is 4.39 Å². The monoisotopic (exact) mass is 501 g/mol. The minimum absolute atomic E-state index is 0. The molecule has 1 heterocycles. The van der Waals surface area contributed by atoms with Crippen LogP contribution in [0.4, 0.5) is 10.1 Å². The predicted molar refractivity (Wildman–Crippen MR) is 129 cm³/mol. The Balaban J connectivity index is 0.00000361. The maximum absolute atomic E-state index is 14.3. The van der Waals surface area contributed by atoms with Gasteiger partial charge in [0.15, 0.2) is 0 Å². The molecule has 6 nitrogen and oxygen atoms in total. The van der Waals surface area contributed by atoms with Gasteiger partial charge in [-0.15, -0.1) is 0 Å². The van der Waals surface area contributed by atoms with Crippen molar-refractivity contribution in [2.24, 2.45) is 0 Å². The first-order valence-corrected chi connectivity index (χ1v) is 11.8. The first-order chi connectivity index (χ1) is 17.0. The summed E-state index contributed by atoms with van der Waals surface area (Å²) in [6.07, 6.45) is -0.0858. The first kappa shape index (κ1) is 28.0. The number of anilines is 1. The Morgan fingerprint density at radius 2 is 1.78 bits per heavy atom. The summed E-state index contributed by atoms with van der Waals surface area (Å²) in [5, 5.41) is 12.2. The van der Waals surface area contributed by atoms with Crippen molar-refractivity contribution >= 4 is 11.7 Å². The molecule has 0 bridgehead atoms. The third-order valence-electron chi connectivity index (χ3n) is 6.09. The summed E-state index contributed by atoms with van der Waals surface area (Å²) in [7, 11) is 0. The van der Waals surface area contributed by atoms with Crippen LogP contribution in [0.15, 0.2) is 72.8 Å². The summed E-state index contributed by atoms with van der Waals surface area (Å²) in [6.45, 7) is 4.51. The zero-order chi connectivity index (χ0) is 24.7. The number of nitrogens with zero attached hydrogens (tertiary/aromatic N) is 1. The molecule has 4 rings (SSSR count). The molecule has 0 aromatic heterocycles. The van der Waals surface area contributed by atoms with Gasteiger partial charge in [0.2, 0.25) is 0 Å². The summed E-state index contributed by atoms with van der Waals surface area (Å²) in [4.78, 5) is 14.4. The van der Waals surface area contributed by atoms with Crippen molar-refractivity contribution in [2.45, 2.75) is 25.4 Å². The molecule has 0 fully saturated rings. The van der Waals surface area contributed by atoms with E-state index in [2.05, 4.69) is 4.90 Å². The van der Waals surface area contributed by atoms with E-state index >= 15 is 0 Å².